The Morgan fingerprint density at radius 1 is 1.32 bits per heavy atom. The van der Waals surface area contributed by atoms with Crippen molar-refractivity contribution in [2.24, 2.45) is 7.05 Å². The van der Waals surface area contributed by atoms with Crippen molar-refractivity contribution in [3.05, 3.63) is 47.5 Å². The molecule has 28 heavy (non-hydrogen) atoms. The smallest absolute Gasteiger partial charge is 0.317 e. The van der Waals surface area contributed by atoms with E-state index in [1.165, 1.54) is 26.2 Å². The second kappa shape index (κ2) is 8.28. The second-order valence-electron chi connectivity index (χ2n) is 6.86. The number of hydrogen-bond donors (Lipinski definition) is 2. The van der Waals surface area contributed by atoms with Gasteiger partial charge in [0, 0.05) is 57.5 Å². The molecule has 2 N–H and O–H groups in total. The molecule has 0 saturated carbocycles. The zero-order valence-corrected chi connectivity index (χ0v) is 16.1. The third-order valence-electron chi connectivity index (χ3n) is 4.85. The van der Waals surface area contributed by atoms with Crippen molar-refractivity contribution < 1.29 is 18.7 Å². The number of ether oxygens (including phenoxy) is 1. The Hall–Kier alpha value is -3.10. The number of aryl methyl sites for hydroxylation is 1. The molecule has 3 amide bonds. The molecule has 0 radical (unpaired) electrons. The molecule has 1 aromatic carbocycles. The van der Waals surface area contributed by atoms with Crippen LogP contribution in [0.25, 0.3) is 0 Å². The molecule has 3 rings (SSSR count). The fourth-order valence-electron chi connectivity index (χ4n) is 3.55. The lowest BCUT2D eigenvalue weighted by molar-refractivity contribution is -0.119. The van der Waals surface area contributed by atoms with Crippen LogP contribution in [0.4, 0.5) is 9.18 Å². The Kier molecular flexibility index (Phi) is 5.81. The number of halogens is 1. The van der Waals surface area contributed by atoms with Gasteiger partial charge in [-0.2, -0.15) is 5.10 Å². The minimum absolute atomic E-state index is 0.0589. The number of nitrogens with zero attached hydrogens (tertiary/aromatic N) is 3. The number of benzene rings is 1. The summed E-state index contributed by atoms with van der Waals surface area (Å²) in [6, 6.07) is 5.72. The first-order valence-corrected chi connectivity index (χ1v) is 8.98. The number of urea groups is 1. The normalized spacial score (nSPS) is 18.8. The van der Waals surface area contributed by atoms with Gasteiger partial charge >= 0.3 is 6.03 Å². The summed E-state index contributed by atoms with van der Waals surface area (Å²) in [4.78, 5) is 25.9. The SMILES string of the molecule is COc1cc(F)cc(CNC(=O)N2C[C@@H](NC(C)=O)[C@H](c3ccnn3C)C2)c1. The predicted molar refractivity (Wildman–Crippen MR) is 100 cm³/mol. The molecule has 0 unspecified atom stereocenters. The fraction of sp³-hybridized carbons (Fsp3) is 0.421. The Balaban J connectivity index is 1.67. The van der Waals surface area contributed by atoms with E-state index in [-0.39, 0.29) is 30.4 Å². The topological polar surface area (TPSA) is 88.5 Å². The number of aromatic nitrogens is 2. The highest BCUT2D eigenvalue weighted by molar-refractivity contribution is 5.76. The summed E-state index contributed by atoms with van der Waals surface area (Å²) in [7, 11) is 3.29. The van der Waals surface area contributed by atoms with E-state index in [1.54, 1.807) is 21.8 Å². The van der Waals surface area contributed by atoms with Gasteiger partial charge in [-0.05, 0) is 23.8 Å². The molecule has 9 heteroatoms. The number of methoxy groups -OCH3 is 1. The average Bonchev–Trinajstić information content (AvgIpc) is 3.24. The zero-order valence-electron chi connectivity index (χ0n) is 16.1. The van der Waals surface area contributed by atoms with Crippen LogP contribution in [-0.2, 0) is 18.4 Å². The van der Waals surface area contributed by atoms with Crippen LogP contribution >= 0.6 is 0 Å². The van der Waals surface area contributed by atoms with Crippen LogP contribution in [0, 0.1) is 5.82 Å². The van der Waals surface area contributed by atoms with E-state index in [9.17, 15) is 14.0 Å². The quantitative estimate of drug-likeness (QED) is 0.809. The lowest BCUT2D eigenvalue weighted by Gasteiger charge is -2.18. The maximum Gasteiger partial charge on any atom is 0.317 e. The molecule has 2 aromatic rings. The number of carbonyl (C=O) groups is 2. The molecule has 8 nitrogen and oxygen atoms in total. The summed E-state index contributed by atoms with van der Waals surface area (Å²) in [6.07, 6.45) is 1.69. The predicted octanol–water partition coefficient (Wildman–Crippen LogP) is 1.38. The number of carbonyl (C=O) groups excluding carboxylic acids is 2. The minimum Gasteiger partial charge on any atom is -0.497 e. The molecule has 0 aliphatic carbocycles. The number of likely N-dealkylation sites (tertiary alicyclic amines) is 1. The standard InChI is InChI=1S/C19H24FN5O3/c1-12(26)23-17-11-25(10-16(17)18-4-5-22-24(18)2)19(27)21-9-13-6-14(20)8-15(7-13)28-3/h4-8,16-17H,9-11H2,1-3H3,(H,21,27)(H,23,26)/t16-,17-/m1/s1. The van der Waals surface area contributed by atoms with E-state index in [0.717, 1.165) is 5.69 Å². The molecule has 2 atom stereocenters. The Labute approximate surface area is 162 Å². The highest BCUT2D eigenvalue weighted by atomic mass is 19.1. The molecule has 1 saturated heterocycles. The average molecular weight is 389 g/mol. The summed E-state index contributed by atoms with van der Waals surface area (Å²) in [5.74, 6) is -0.234. The van der Waals surface area contributed by atoms with Crippen molar-refractivity contribution in [3.8, 4) is 5.75 Å². The number of hydrogen-bond acceptors (Lipinski definition) is 4. The van der Waals surface area contributed by atoms with Crippen LogP contribution in [0.3, 0.4) is 0 Å². The Bertz CT molecular complexity index is 869. The zero-order chi connectivity index (χ0) is 20.3. The molecule has 1 fully saturated rings. The highest BCUT2D eigenvalue weighted by Gasteiger charge is 2.38. The molecule has 0 bridgehead atoms. The summed E-state index contributed by atoms with van der Waals surface area (Å²) >= 11 is 0. The van der Waals surface area contributed by atoms with E-state index in [4.69, 9.17) is 4.74 Å². The third-order valence-corrected chi connectivity index (χ3v) is 4.85. The van der Waals surface area contributed by atoms with E-state index in [1.807, 2.05) is 13.1 Å². The van der Waals surface area contributed by atoms with Gasteiger partial charge in [-0.1, -0.05) is 0 Å². The van der Waals surface area contributed by atoms with Crippen molar-refractivity contribution in [1.82, 2.24) is 25.3 Å². The summed E-state index contributed by atoms with van der Waals surface area (Å²) in [6.45, 7) is 2.46. The summed E-state index contributed by atoms with van der Waals surface area (Å²) in [5.41, 5.74) is 1.55. The van der Waals surface area contributed by atoms with Gasteiger partial charge < -0.3 is 20.3 Å². The number of rotatable bonds is 5. The van der Waals surface area contributed by atoms with Crippen LogP contribution in [0.5, 0.6) is 5.75 Å². The second-order valence-corrected chi connectivity index (χ2v) is 6.86. The van der Waals surface area contributed by atoms with Gasteiger partial charge in [-0.25, -0.2) is 9.18 Å². The lowest BCUT2D eigenvalue weighted by Crippen LogP contribution is -2.42. The van der Waals surface area contributed by atoms with E-state index < -0.39 is 5.82 Å². The van der Waals surface area contributed by atoms with E-state index in [0.29, 0.717) is 24.4 Å². The number of amides is 3. The van der Waals surface area contributed by atoms with Gasteiger partial charge in [0.2, 0.25) is 5.91 Å². The Morgan fingerprint density at radius 3 is 2.75 bits per heavy atom. The van der Waals surface area contributed by atoms with Gasteiger partial charge in [0.25, 0.3) is 0 Å². The molecule has 1 aliphatic heterocycles. The summed E-state index contributed by atoms with van der Waals surface area (Å²) < 4.78 is 20.4. The largest absolute Gasteiger partial charge is 0.497 e. The molecule has 1 aromatic heterocycles. The number of nitrogens with one attached hydrogen (secondary N) is 2. The molecule has 2 heterocycles. The molecule has 1 aliphatic rings. The van der Waals surface area contributed by atoms with Crippen molar-refractivity contribution in [2.45, 2.75) is 25.4 Å². The third kappa shape index (κ3) is 4.41. The maximum absolute atomic E-state index is 13.6. The van der Waals surface area contributed by atoms with E-state index >= 15 is 0 Å². The molecule has 150 valence electrons. The Morgan fingerprint density at radius 2 is 2.11 bits per heavy atom. The van der Waals surface area contributed by atoms with Gasteiger partial charge in [0.1, 0.15) is 11.6 Å². The van der Waals surface area contributed by atoms with Crippen LogP contribution in [-0.4, -0.2) is 52.9 Å². The van der Waals surface area contributed by atoms with Gasteiger partial charge in [0.15, 0.2) is 0 Å². The monoisotopic (exact) mass is 389 g/mol. The minimum atomic E-state index is -0.424. The van der Waals surface area contributed by atoms with Crippen LogP contribution in [0.1, 0.15) is 24.1 Å². The van der Waals surface area contributed by atoms with Crippen molar-refractivity contribution in [2.75, 3.05) is 20.2 Å². The first kappa shape index (κ1) is 19.7. The van der Waals surface area contributed by atoms with Gasteiger partial charge in [0.05, 0.1) is 13.2 Å². The molecule has 0 spiro atoms. The van der Waals surface area contributed by atoms with Crippen molar-refractivity contribution >= 4 is 11.9 Å². The van der Waals surface area contributed by atoms with Gasteiger partial charge in [-0.3, -0.25) is 9.48 Å². The highest BCUT2D eigenvalue weighted by Crippen LogP contribution is 2.27. The maximum atomic E-state index is 13.6. The van der Waals surface area contributed by atoms with Crippen molar-refractivity contribution in [3.63, 3.8) is 0 Å². The first-order chi connectivity index (χ1) is 13.4. The molecular weight excluding hydrogens is 365 g/mol. The fourth-order valence-corrected chi connectivity index (χ4v) is 3.55. The lowest BCUT2D eigenvalue weighted by atomic mass is 9.99. The van der Waals surface area contributed by atoms with Crippen LogP contribution < -0.4 is 15.4 Å². The van der Waals surface area contributed by atoms with Crippen LogP contribution in [0.15, 0.2) is 30.5 Å². The first-order valence-electron chi connectivity index (χ1n) is 8.98. The molecular formula is C19H24FN5O3. The summed E-state index contributed by atoms with van der Waals surface area (Å²) in [5, 5.41) is 9.91. The van der Waals surface area contributed by atoms with Gasteiger partial charge in [-0.15, -0.1) is 0 Å². The van der Waals surface area contributed by atoms with Crippen molar-refractivity contribution in [1.29, 1.82) is 0 Å². The van der Waals surface area contributed by atoms with Crippen LogP contribution in [0.2, 0.25) is 0 Å². The van der Waals surface area contributed by atoms with E-state index in [2.05, 4.69) is 15.7 Å².